The van der Waals surface area contributed by atoms with Gasteiger partial charge in [0.25, 0.3) is 0 Å². The number of hydrogen-bond donors (Lipinski definition) is 0. The largest absolute Gasteiger partial charge is 0.519 e. The van der Waals surface area contributed by atoms with Crippen LogP contribution in [0.4, 0.5) is 0 Å². The first-order valence-corrected chi connectivity index (χ1v) is 4.84. The molecule has 0 spiro atoms. The van der Waals surface area contributed by atoms with Crippen molar-refractivity contribution in [3.8, 4) is 5.75 Å². The summed E-state index contributed by atoms with van der Waals surface area (Å²) >= 11 is 0. The standard InChI is InChI=1S/C8H9O.C6H4.2W.Y/c1-2-9-8-6-4-3-5-7-8;1-2-4-6-5-3-1;;;/h4-7H,2H2,1H3;1-2,5-6H;;;/q-1;-2;;;. The fourth-order valence-corrected chi connectivity index (χ4v) is 0.938. The fraction of sp³-hybridized carbons (Fsp3) is 0.143. The molecule has 0 saturated carbocycles. The zero-order valence-electron chi connectivity index (χ0n) is 10.1. The van der Waals surface area contributed by atoms with Gasteiger partial charge in [-0.25, -0.2) is 0 Å². The third-order valence-electron chi connectivity index (χ3n) is 1.55. The molecule has 0 atom stereocenters. The van der Waals surface area contributed by atoms with Crippen LogP contribution in [0.2, 0.25) is 0 Å². The van der Waals surface area contributed by atoms with Crippen LogP contribution in [-0.2, 0) is 74.8 Å². The van der Waals surface area contributed by atoms with Gasteiger partial charge in [0.1, 0.15) is 0 Å². The minimum Gasteiger partial charge on any atom is -0.519 e. The molecular weight excluding hydrogens is 641 g/mol. The molecule has 2 aromatic carbocycles. The third-order valence-corrected chi connectivity index (χ3v) is 1.55. The molecule has 0 heterocycles. The first kappa shape index (κ1) is 23.8. The fourth-order valence-electron chi connectivity index (χ4n) is 0.938. The molecule has 4 heteroatoms. The van der Waals surface area contributed by atoms with Gasteiger partial charge in [-0.15, -0.1) is 12.1 Å². The molecule has 2 rings (SSSR count). The molecule has 0 fully saturated rings. The Bertz CT molecular complexity index is 317. The maximum Gasteiger partial charge on any atom is 0.0822 e. The second-order valence-corrected chi connectivity index (χ2v) is 2.67. The van der Waals surface area contributed by atoms with E-state index in [2.05, 4.69) is 18.2 Å². The molecule has 1 nitrogen and oxygen atoms in total. The zero-order chi connectivity index (χ0) is 10.8. The van der Waals surface area contributed by atoms with E-state index in [9.17, 15) is 0 Å². The number of hydrogen-bond acceptors (Lipinski definition) is 1. The van der Waals surface area contributed by atoms with Gasteiger partial charge in [0.15, 0.2) is 0 Å². The molecule has 0 N–H and O–H groups in total. The molecule has 0 bridgehead atoms. The van der Waals surface area contributed by atoms with Gasteiger partial charge in [-0.3, -0.25) is 24.3 Å². The number of benzene rings is 2. The van der Waals surface area contributed by atoms with Crippen molar-refractivity contribution in [3.63, 3.8) is 0 Å². The Morgan fingerprint density at radius 3 is 1.56 bits per heavy atom. The summed E-state index contributed by atoms with van der Waals surface area (Å²) in [6.07, 6.45) is 0. The van der Waals surface area contributed by atoms with E-state index >= 15 is 0 Å². The van der Waals surface area contributed by atoms with Crippen LogP contribution >= 0.6 is 0 Å². The minimum absolute atomic E-state index is 0. The van der Waals surface area contributed by atoms with Crippen LogP contribution in [-0.4, -0.2) is 6.61 Å². The first-order valence-electron chi connectivity index (χ1n) is 4.84. The zero-order valence-corrected chi connectivity index (χ0v) is 18.8. The molecule has 0 aliphatic heterocycles. The van der Waals surface area contributed by atoms with E-state index in [1.165, 1.54) is 0 Å². The van der Waals surface area contributed by atoms with Crippen LogP contribution in [0.25, 0.3) is 0 Å². The van der Waals surface area contributed by atoms with Crippen molar-refractivity contribution in [1.82, 2.24) is 0 Å². The van der Waals surface area contributed by atoms with Crippen molar-refractivity contribution in [2.75, 3.05) is 6.61 Å². The Balaban J connectivity index is -0.000000225. The smallest absolute Gasteiger partial charge is 0.0822 e. The van der Waals surface area contributed by atoms with Crippen molar-refractivity contribution in [3.05, 3.63) is 66.7 Å². The summed E-state index contributed by atoms with van der Waals surface area (Å²) in [5, 5.41) is 0. The van der Waals surface area contributed by atoms with E-state index < -0.39 is 0 Å². The van der Waals surface area contributed by atoms with E-state index in [0.29, 0.717) is 0 Å². The maximum absolute atomic E-state index is 5.19. The van der Waals surface area contributed by atoms with Crippen LogP contribution in [0.3, 0.4) is 0 Å². The quantitative estimate of drug-likeness (QED) is 0.453. The van der Waals surface area contributed by atoms with Crippen molar-refractivity contribution in [1.29, 1.82) is 0 Å². The number of rotatable bonds is 2. The molecule has 93 valence electrons. The number of ether oxygens (including phenoxy) is 1. The monoisotopic (exact) mass is 654 g/mol. The Morgan fingerprint density at radius 2 is 1.22 bits per heavy atom. The van der Waals surface area contributed by atoms with Gasteiger partial charge in [-0.2, -0.15) is 18.2 Å². The second-order valence-electron chi connectivity index (χ2n) is 2.67. The molecule has 18 heavy (non-hydrogen) atoms. The molecule has 1 radical (unpaired) electrons. The second kappa shape index (κ2) is 17.7. The minimum atomic E-state index is 0. The predicted molar refractivity (Wildman–Crippen MR) is 60.6 cm³/mol. The Hall–Kier alpha value is 0.721. The molecule has 0 amide bonds. The van der Waals surface area contributed by atoms with Gasteiger partial charge in [0, 0.05) is 80.6 Å². The van der Waals surface area contributed by atoms with Gasteiger partial charge < -0.3 is 16.9 Å². The SMILES string of the molecule is CCOc1cc[c-]cc1.[W].[W].[Y].[c-]1cc[c-]cc1. The molecule has 0 saturated heterocycles. The summed E-state index contributed by atoms with van der Waals surface area (Å²) in [7, 11) is 0. The average molecular weight is 654 g/mol. The molecule has 2 aromatic rings. The molecule has 0 aliphatic rings. The van der Waals surface area contributed by atoms with Crippen LogP contribution in [0.5, 0.6) is 5.75 Å². The molecule has 0 aliphatic carbocycles. The van der Waals surface area contributed by atoms with Crippen LogP contribution in [0, 0.1) is 18.2 Å². The van der Waals surface area contributed by atoms with Crippen molar-refractivity contribution >= 4 is 0 Å². The summed E-state index contributed by atoms with van der Waals surface area (Å²) in [5.74, 6) is 0.913. The van der Waals surface area contributed by atoms with Crippen LogP contribution < -0.4 is 4.74 Å². The summed E-state index contributed by atoms with van der Waals surface area (Å²) < 4.78 is 5.19. The van der Waals surface area contributed by atoms with Crippen molar-refractivity contribution in [2.45, 2.75) is 6.92 Å². The van der Waals surface area contributed by atoms with Crippen LogP contribution in [0.15, 0.2) is 48.5 Å². The first-order chi connectivity index (χ1) is 7.43. The Kier molecular flexibility index (Phi) is 23.4. The van der Waals surface area contributed by atoms with Gasteiger partial charge in [-0.05, 0) is 6.92 Å². The molecular formula is C14H13OW2Y-3. The van der Waals surface area contributed by atoms with Gasteiger partial charge in [-0.1, -0.05) is 0 Å². The van der Waals surface area contributed by atoms with E-state index in [1.54, 1.807) is 0 Å². The topological polar surface area (TPSA) is 9.23 Å². The van der Waals surface area contributed by atoms with E-state index in [4.69, 9.17) is 4.74 Å². The Labute approximate surface area is 163 Å². The van der Waals surface area contributed by atoms with Gasteiger partial charge in [0.05, 0.1) is 6.61 Å². The predicted octanol–water partition coefficient (Wildman–Crippen LogP) is 3.16. The molecule has 0 aromatic heterocycles. The van der Waals surface area contributed by atoms with E-state index in [0.717, 1.165) is 12.4 Å². The van der Waals surface area contributed by atoms with Crippen molar-refractivity contribution in [2.24, 2.45) is 0 Å². The summed E-state index contributed by atoms with van der Waals surface area (Å²) in [6.45, 7) is 2.70. The Morgan fingerprint density at radius 1 is 0.833 bits per heavy atom. The van der Waals surface area contributed by atoms with Gasteiger partial charge in [0.2, 0.25) is 0 Å². The van der Waals surface area contributed by atoms with E-state index in [-0.39, 0.29) is 74.8 Å². The summed E-state index contributed by atoms with van der Waals surface area (Å²) in [6, 6.07) is 23.4. The van der Waals surface area contributed by atoms with Crippen molar-refractivity contribution < 1.29 is 79.6 Å². The summed E-state index contributed by atoms with van der Waals surface area (Å²) in [5.41, 5.74) is 0. The molecule has 0 unspecified atom stereocenters. The maximum atomic E-state index is 5.19. The summed E-state index contributed by atoms with van der Waals surface area (Å²) in [4.78, 5) is 0. The van der Waals surface area contributed by atoms with Gasteiger partial charge >= 0.3 is 0 Å². The normalized spacial score (nSPS) is 7.17. The van der Waals surface area contributed by atoms with Crippen LogP contribution in [0.1, 0.15) is 6.92 Å². The van der Waals surface area contributed by atoms with E-state index in [1.807, 2.05) is 55.5 Å². The average Bonchev–Trinajstić information content (AvgIpc) is 2.34. The third kappa shape index (κ3) is 13.2.